The van der Waals surface area contributed by atoms with E-state index in [0.29, 0.717) is 11.0 Å². The summed E-state index contributed by atoms with van der Waals surface area (Å²) in [6.45, 7) is -0.668. The third-order valence-corrected chi connectivity index (χ3v) is 3.55. The quantitative estimate of drug-likeness (QED) is 0.524. The number of nitrogens with zero attached hydrogens (tertiary/aromatic N) is 2. The number of hydrogen-bond donors (Lipinski definition) is 0. The van der Waals surface area contributed by atoms with Crippen LogP contribution < -0.4 is 0 Å². The summed E-state index contributed by atoms with van der Waals surface area (Å²) in [4.78, 5) is 32.2. The number of alkyl halides is 3. The Morgan fingerprint density at radius 2 is 1.65 bits per heavy atom. The lowest BCUT2D eigenvalue weighted by molar-refractivity contribution is -0.137. The molecule has 8 heteroatoms. The highest BCUT2D eigenvalue weighted by Gasteiger charge is 2.30. The van der Waals surface area contributed by atoms with Gasteiger partial charge in [-0.05, 0) is 30.3 Å². The molecule has 0 unspecified atom stereocenters. The van der Waals surface area contributed by atoms with Crippen LogP contribution in [0.4, 0.5) is 13.2 Å². The molecular formula is C18H11F3N2O3. The van der Waals surface area contributed by atoms with Crippen LogP contribution in [0.15, 0.2) is 54.9 Å². The predicted octanol–water partition coefficient (Wildman–Crippen LogP) is 3.69. The Morgan fingerprint density at radius 1 is 0.923 bits per heavy atom. The van der Waals surface area contributed by atoms with Crippen molar-refractivity contribution in [2.45, 2.75) is 6.18 Å². The number of carbonyl (C=O) groups is 2. The first-order valence-corrected chi connectivity index (χ1v) is 7.43. The van der Waals surface area contributed by atoms with Gasteiger partial charge in [-0.25, -0.2) is 4.79 Å². The lowest BCUT2D eigenvalue weighted by Crippen LogP contribution is -2.15. The molecule has 0 fully saturated rings. The Morgan fingerprint density at radius 3 is 2.38 bits per heavy atom. The molecule has 0 saturated carbocycles. The highest BCUT2D eigenvalue weighted by Crippen LogP contribution is 2.29. The summed E-state index contributed by atoms with van der Waals surface area (Å²) in [6, 6.07) is 8.44. The fourth-order valence-electron chi connectivity index (χ4n) is 2.26. The summed E-state index contributed by atoms with van der Waals surface area (Å²) >= 11 is 0. The minimum Gasteiger partial charge on any atom is -0.454 e. The van der Waals surface area contributed by atoms with Crippen molar-refractivity contribution in [2.75, 3.05) is 6.61 Å². The third kappa shape index (κ3) is 3.85. The van der Waals surface area contributed by atoms with Gasteiger partial charge >= 0.3 is 12.1 Å². The Kier molecular flexibility index (Phi) is 4.66. The molecule has 0 bridgehead atoms. The number of halogens is 3. The molecule has 0 N–H and O–H groups in total. The standard InChI is InChI=1S/C18H11F3N2O3/c19-18(20,21)13-3-1-2-11(8-13)16(24)10-26-17(25)12-4-5-14-15(9-12)23-7-6-22-14/h1-9H,10H2. The summed E-state index contributed by atoms with van der Waals surface area (Å²) in [6.07, 6.45) is -1.58. The fraction of sp³-hybridized carbons (Fsp3) is 0.111. The lowest BCUT2D eigenvalue weighted by Gasteiger charge is -2.09. The SMILES string of the molecule is O=C(COC(=O)c1ccc2nccnc2c1)c1cccc(C(F)(F)F)c1. The fourth-order valence-corrected chi connectivity index (χ4v) is 2.26. The molecule has 0 aliphatic heterocycles. The van der Waals surface area contributed by atoms with Gasteiger partial charge in [0.05, 0.1) is 22.2 Å². The van der Waals surface area contributed by atoms with Crippen LogP contribution in [0, 0.1) is 0 Å². The number of ether oxygens (including phenoxy) is 1. The number of rotatable bonds is 4. The molecule has 0 spiro atoms. The summed E-state index contributed by atoms with van der Waals surface area (Å²) in [5, 5.41) is 0. The van der Waals surface area contributed by atoms with Crippen molar-refractivity contribution in [1.82, 2.24) is 9.97 Å². The van der Waals surface area contributed by atoms with Gasteiger partial charge in [-0.2, -0.15) is 13.2 Å². The smallest absolute Gasteiger partial charge is 0.416 e. The molecule has 26 heavy (non-hydrogen) atoms. The van der Waals surface area contributed by atoms with E-state index in [2.05, 4.69) is 9.97 Å². The molecule has 1 heterocycles. The Labute approximate surface area is 145 Å². The first-order chi connectivity index (χ1) is 12.3. The monoisotopic (exact) mass is 360 g/mol. The number of ketones is 1. The van der Waals surface area contributed by atoms with E-state index in [4.69, 9.17) is 4.74 Å². The number of benzene rings is 2. The van der Waals surface area contributed by atoms with E-state index in [1.807, 2.05) is 0 Å². The Balaban J connectivity index is 1.69. The maximum atomic E-state index is 12.7. The van der Waals surface area contributed by atoms with Crippen molar-refractivity contribution >= 4 is 22.8 Å². The summed E-state index contributed by atoms with van der Waals surface area (Å²) in [7, 11) is 0. The maximum absolute atomic E-state index is 12.7. The topological polar surface area (TPSA) is 69.2 Å². The molecule has 0 saturated heterocycles. The van der Waals surface area contributed by atoms with Gasteiger partial charge in [0.15, 0.2) is 12.4 Å². The van der Waals surface area contributed by atoms with Gasteiger partial charge in [-0.3, -0.25) is 14.8 Å². The van der Waals surface area contributed by atoms with Crippen LogP contribution in [-0.4, -0.2) is 28.3 Å². The zero-order valence-corrected chi connectivity index (χ0v) is 13.2. The maximum Gasteiger partial charge on any atom is 0.416 e. The molecule has 0 atom stereocenters. The van der Waals surface area contributed by atoms with E-state index in [1.165, 1.54) is 30.6 Å². The van der Waals surface area contributed by atoms with Gasteiger partial charge in [0.2, 0.25) is 0 Å². The minimum absolute atomic E-state index is 0.162. The van der Waals surface area contributed by atoms with Crippen LogP contribution in [0.1, 0.15) is 26.3 Å². The van der Waals surface area contributed by atoms with Gasteiger partial charge in [-0.15, -0.1) is 0 Å². The van der Waals surface area contributed by atoms with Crippen LogP contribution in [0.5, 0.6) is 0 Å². The van der Waals surface area contributed by atoms with Crippen molar-refractivity contribution in [3.05, 3.63) is 71.5 Å². The van der Waals surface area contributed by atoms with Gasteiger partial charge in [-0.1, -0.05) is 12.1 Å². The van der Waals surface area contributed by atoms with E-state index in [9.17, 15) is 22.8 Å². The number of Topliss-reactive ketones (excluding diaryl/α,β-unsaturated/α-hetero) is 1. The molecule has 3 aromatic rings. The van der Waals surface area contributed by atoms with Crippen LogP contribution in [0.3, 0.4) is 0 Å². The predicted molar refractivity (Wildman–Crippen MR) is 85.6 cm³/mol. The molecule has 5 nitrogen and oxygen atoms in total. The van der Waals surface area contributed by atoms with Gasteiger partial charge in [0.1, 0.15) is 0 Å². The number of hydrogen-bond acceptors (Lipinski definition) is 5. The van der Waals surface area contributed by atoms with Crippen molar-refractivity contribution < 1.29 is 27.5 Å². The molecule has 0 radical (unpaired) electrons. The van der Waals surface area contributed by atoms with Crippen LogP contribution >= 0.6 is 0 Å². The van der Waals surface area contributed by atoms with Crippen LogP contribution in [0.25, 0.3) is 11.0 Å². The van der Waals surface area contributed by atoms with Crippen LogP contribution in [-0.2, 0) is 10.9 Å². The zero-order chi connectivity index (χ0) is 18.7. The second-order valence-corrected chi connectivity index (χ2v) is 5.34. The molecule has 2 aromatic carbocycles. The third-order valence-electron chi connectivity index (χ3n) is 3.55. The molecule has 3 rings (SSSR count). The van der Waals surface area contributed by atoms with E-state index in [0.717, 1.165) is 18.2 Å². The molecule has 1 aromatic heterocycles. The molecule has 0 aliphatic rings. The highest BCUT2D eigenvalue weighted by molar-refractivity contribution is 6.00. The highest BCUT2D eigenvalue weighted by atomic mass is 19.4. The molecular weight excluding hydrogens is 349 g/mol. The zero-order valence-electron chi connectivity index (χ0n) is 13.2. The van der Waals surface area contributed by atoms with Crippen molar-refractivity contribution in [1.29, 1.82) is 0 Å². The first kappa shape index (κ1) is 17.5. The van der Waals surface area contributed by atoms with Gasteiger partial charge in [0.25, 0.3) is 0 Å². The van der Waals surface area contributed by atoms with Crippen LogP contribution in [0.2, 0.25) is 0 Å². The first-order valence-electron chi connectivity index (χ1n) is 7.43. The second kappa shape index (κ2) is 6.91. The number of esters is 1. The number of carbonyl (C=O) groups excluding carboxylic acids is 2. The Bertz CT molecular complexity index is 987. The second-order valence-electron chi connectivity index (χ2n) is 5.34. The lowest BCUT2D eigenvalue weighted by atomic mass is 10.1. The van der Waals surface area contributed by atoms with Crippen molar-refractivity contribution in [3.8, 4) is 0 Å². The van der Waals surface area contributed by atoms with Crippen molar-refractivity contribution in [2.24, 2.45) is 0 Å². The van der Waals surface area contributed by atoms with E-state index in [1.54, 1.807) is 6.07 Å². The number of aromatic nitrogens is 2. The number of fused-ring (bicyclic) bond motifs is 1. The average molecular weight is 360 g/mol. The summed E-state index contributed by atoms with van der Waals surface area (Å²) < 4.78 is 43.0. The van der Waals surface area contributed by atoms with Gasteiger partial charge < -0.3 is 4.74 Å². The van der Waals surface area contributed by atoms with Gasteiger partial charge in [0, 0.05) is 18.0 Å². The van der Waals surface area contributed by atoms with E-state index in [-0.39, 0.29) is 11.1 Å². The largest absolute Gasteiger partial charge is 0.454 e. The summed E-state index contributed by atoms with van der Waals surface area (Å²) in [5.41, 5.74) is 0.102. The summed E-state index contributed by atoms with van der Waals surface area (Å²) in [5.74, 6) is -1.51. The Hall–Kier alpha value is -3.29. The normalized spacial score (nSPS) is 11.3. The average Bonchev–Trinajstić information content (AvgIpc) is 2.64. The van der Waals surface area contributed by atoms with E-state index >= 15 is 0 Å². The van der Waals surface area contributed by atoms with E-state index < -0.39 is 30.1 Å². The van der Waals surface area contributed by atoms with Crippen molar-refractivity contribution in [3.63, 3.8) is 0 Å². The molecule has 132 valence electrons. The molecule has 0 aliphatic carbocycles. The minimum atomic E-state index is -4.56. The molecule has 0 amide bonds.